The molecule has 0 spiro atoms. The molecule has 0 aliphatic rings. The fourth-order valence-electron chi connectivity index (χ4n) is 1.53. The first-order valence-electron chi connectivity index (χ1n) is 5.11. The molecule has 0 amide bonds. The number of ether oxygens (including phenoxy) is 1. The van der Waals surface area contributed by atoms with E-state index in [4.69, 9.17) is 4.74 Å². The molecule has 0 aromatic heterocycles. The molecule has 0 saturated heterocycles. The molecule has 3 nitrogen and oxygen atoms in total. The third kappa shape index (κ3) is 3.61. The van der Waals surface area contributed by atoms with Gasteiger partial charge >= 0.3 is 0 Å². The summed E-state index contributed by atoms with van der Waals surface area (Å²) in [5, 5.41) is 0. The number of halogens is 1. The normalized spacial score (nSPS) is 10.2. The van der Waals surface area contributed by atoms with E-state index in [9.17, 15) is 4.79 Å². The van der Waals surface area contributed by atoms with Crippen LogP contribution in [0.2, 0.25) is 0 Å². The number of carbonyl (C=O) groups is 1. The molecule has 0 heterocycles. The van der Waals surface area contributed by atoms with Gasteiger partial charge < -0.3 is 14.4 Å². The summed E-state index contributed by atoms with van der Waals surface area (Å²) in [4.78, 5) is 12.7. The molecule has 1 aromatic carbocycles. The first-order valence-corrected chi connectivity index (χ1v) is 5.90. The molecule has 0 radical (unpaired) electrons. The number of nitrogens with zero attached hydrogens (tertiary/aromatic N) is 1. The van der Waals surface area contributed by atoms with E-state index >= 15 is 0 Å². The molecule has 88 valence electrons. The second kappa shape index (κ2) is 6.66. The Labute approximate surface area is 105 Å². The van der Waals surface area contributed by atoms with Gasteiger partial charge in [-0.25, -0.2) is 0 Å². The Kier molecular flexibility index (Phi) is 5.49. The van der Waals surface area contributed by atoms with Gasteiger partial charge in [0.05, 0.1) is 6.61 Å². The molecule has 0 fully saturated rings. The van der Waals surface area contributed by atoms with Gasteiger partial charge in [0, 0.05) is 37.3 Å². The quantitative estimate of drug-likeness (QED) is 0.751. The third-order valence-electron chi connectivity index (χ3n) is 2.39. The van der Waals surface area contributed by atoms with E-state index in [0.29, 0.717) is 13.0 Å². The lowest BCUT2D eigenvalue weighted by Crippen LogP contribution is -2.23. The van der Waals surface area contributed by atoms with Gasteiger partial charge in [0.15, 0.2) is 0 Å². The second-order valence-corrected chi connectivity index (χ2v) is 4.47. The van der Waals surface area contributed by atoms with Crippen molar-refractivity contribution in [3.05, 3.63) is 28.2 Å². The van der Waals surface area contributed by atoms with Crippen molar-refractivity contribution in [3.8, 4) is 0 Å². The smallest absolute Gasteiger partial charge is 0.124 e. The Bertz CT molecular complexity index is 355. The third-order valence-corrected chi connectivity index (χ3v) is 2.88. The van der Waals surface area contributed by atoms with E-state index in [1.807, 2.05) is 25.2 Å². The summed E-state index contributed by atoms with van der Waals surface area (Å²) < 4.78 is 6.03. The average Bonchev–Trinajstić information content (AvgIpc) is 2.26. The van der Waals surface area contributed by atoms with Crippen molar-refractivity contribution >= 4 is 27.9 Å². The summed E-state index contributed by atoms with van der Waals surface area (Å²) in [5.74, 6) is 0. The fourth-order valence-corrected chi connectivity index (χ4v) is 1.94. The van der Waals surface area contributed by atoms with Gasteiger partial charge in [0.1, 0.15) is 6.29 Å². The van der Waals surface area contributed by atoms with E-state index < -0.39 is 0 Å². The summed E-state index contributed by atoms with van der Waals surface area (Å²) in [6.45, 7) is 1.48. The molecule has 0 N–H and O–H groups in total. The zero-order valence-corrected chi connectivity index (χ0v) is 11.2. The lowest BCUT2D eigenvalue weighted by molar-refractivity contribution is -0.107. The first kappa shape index (κ1) is 13.2. The van der Waals surface area contributed by atoms with Crippen LogP contribution in [0.5, 0.6) is 0 Å². The van der Waals surface area contributed by atoms with Crippen molar-refractivity contribution < 1.29 is 9.53 Å². The highest BCUT2D eigenvalue weighted by atomic mass is 79.9. The Morgan fingerprint density at radius 1 is 1.50 bits per heavy atom. The summed E-state index contributed by atoms with van der Waals surface area (Å²) in [6, 6.07) is 5.97. The summed E-state index contributed by atoms with van der Waals surface area (Å²) in [5.41, 5.74) is 2.11. The topological polar surface area (TPSA) is 29.5 Å². The Hall–Kier alpha value is -0.870. The number of rotatable bonds is 6. The average molecular weight is 286 g/mol. The van der Waals surface area contributed by atoms with Gasteiger partial charge in [-0.2, -0.15) is 0 Å². The predicted molar refractivity (Wildman–Crippen MR) is 69.1 cm³/mol. The van der Waals surface area contributed by atoms with Gasteiger partial charge in [0.25, 0.3) is 0 Å². The molecule has 0 unspecified atom stereocenters. The largest absolute Gasteiger partial charge is 0.383 e. The van der Waals surface area contributed by atoms with Crippen LogP contribution in [0, 0.1) is 0 Å². The molecule has 0 aliphatic carbocycles. The number of hydrogen-bond donors (Lipinski definition) is 0. The van der Waals surface area contributed by atoms with Gasteiger partial charge in [-0.05, 0) is 23.8 Å². The van der Waals surface area contributed by atoms with E-state index in [2.05, 4.69) is 20.8 Å². The van der Waals surface area contributed by atoms with Crippen LogP contribution in [0.15, 0.2) is 22.7 Å². The fraction of sp³-hybridized carbons (Fsp3) is 0.417. The van der Waals surface area contributed by atoms with Crippen LogP contribution in [0.1, 0.15) is 5.56 Å². The van der Waals surface area contributed by atoms with Crippen molar-refractivity contribution in [2.24, 2.45) is 0 Å². The number of hydrogen-bond acceptors (Lipinski definition) is 3. The lowest BCUT2D eigenvalue weighted by Gasteiger charge is -2.21. The Morgan fingerprint density at radius 2 is 2.25 bits per heavy atom. The predicted octanol–water partition coefficient (Wildman–Crippen LogP) is 2.27. The summed E-state index contributed by atoms with van der Waals surface area (Å²) >= 11 is 3.41. The van der Waals surface area contributed by atoms with Crippen LogP contribution in [0.4, 0.5) is 5.69 Å². The highest BCUT2D eigenvalue weighted by Crippen LogP contribution is 2.23. The second-order valence-electron chi connectivity index (χ2n) is 3.56. The number of carbonyl (C=O) groups excluding carboxylic acids is 1. The molecule has 4 heteroatoms. The zero-order chi connectivity index (χ0) is 12.0. The van der Waals surface area contributed by atoms with Crippen LogP contribution in [-0.2, 0) is 16.0 Å². The van der Waals surface area contributed by atoms with Crippen LogP contribution < -0.4 is 4.90 Å². The van der Waals surface area contributed by atoms with Gasteiger partial charge in [-0.1, -0.05) is 15.9 Å². The van der Waals surface area contributed by atoms with E-state index in [0.717, 1.165) is 28.6 Å². The minimum absolute atomic E-state index is 0.437. The number of aldehydes is 1. The van der Waals surface area contributed by atoms with E-state index in [1.54, 1.807) is 7.11 Å². The highest BCUT2D eigenvalue weighted by molar-refractivity contribution is 9.10. The Morgan fingerprint density at radius 3 is 2.88 bits per heavy atom. The molecule has 1 aromatic rings. The van der Waals surface area contributed by atoms with Crippen molar-refractivity contribution in [1.29, 1.82) is 0 Å². The first-order chi connectivity index (χ1) is 7.69. The zero-order valence-electron chi connectivity index (χ0n) is 9.57. The molecule has 0 atom stereocenters. The van der Waals surface area contributed by atoms with Crippen LogP contribution in [-0.4, -0.2) is 33.6 Å². The SMILES string of the molecule is COCCN(C)c1ccc(Br)cc1CC=O. The Balaban J connectivity index is 2.88. The standard InChI is InChI=1S/C12H16BrNO2/c1-14(6-8-16-2)12-4-3-11(13)9-10(12)5-7-15/h3-4,7,9H,5-6,8H2,1-2H3. The molecule has 1 rings (SSSR count). The minimum atomic E-state index is 0.437. The number of methoxy groups -OCH3 is 1. The van der Waals surface area contributed by atoms with Crippen molar-refractivity contribution in [1.82, 2.24) is 0 Å². The van der Waals surface area contributed by atoms with Gasteiger partial charge in [0.2, 0.25) is 0 Å². The number of anilines is 1. The monoisotopic (exact) mass is 285 g/mol. The summed E-state index contributed by atoms with van der Waals surface area (Å²) in [7, 11) is 3.68. The lowest BCUT2D eigenvalue weighted by atomic mass is 10.1. The number of benzene rings is 1. The maximum absolute atomic E-state index is 10.6. The van der Waals surface area contributed by atoms with Crippen LogP contribution in [0.3, 0.4) is 0 Å². The van der Waals surface area contributed by atoms with Crippen LogP contribution in [0.25, 0.3) is 0 Å². The maximum atomic E-state index is 10.6. The number of likely N-dealkylation sites (N-methyl/N-ethyl adjacent to an activating group) is 1. The van der Waals surface area contributed by atoms with Crippen molar-refractivity contribution in [3.63, 3.8) is 0 Å². The van der Waals surface area contributed by atoms with Gasteiger partial charge in [-0.15, -0.1) is 0 Å². The summed E-state index contributed by atoms with van der Waals surface area (Å²) in [6.07, 6.45) is 1.36. The minimum Gasteiger partial charge on any atom is -0.383 e. The maximum Gasteiger partial charge on any atom is 0.124 e. The molecular formula is C12H16BrNO2. The van der Waals surface area contributed by atoms with E-state index in [-0.39, 0.29) is 0 Å². The molecule has 0 bridgehead atoms. The van der Waals surface area contributed by atoms with Crippen molar-refractivity contribution in [2.45, 2.75) is 6.42 Å². The van der Waals surface area contributed by atoms with Gasteiger partial charge in [-0.3, -0.25) is 0 Å². The molecular weight excluding hydrogens is 270 g/mol. The van der Waals surface area contributed by atoms with Crippen molar-refractivity contribution in [2.75, 3.05) is 32.2 Å². The molecule has 16 heavy (non-hydrogen) atoms. The highest BCUT2D eigenvalue weighted by Gasteiger charge is 2.07. The molecule has 0 aliphatic heterocycles. The molecule has 0 saturated carbocycles. The van der Waals surface area contributed by atoms with E-state index in [1.165, 1.54) is 0 Å². The van der Waals surface area contributed by atoms with Crippen LogP contribution >= 0.6 is 15.9 Å².